The number of carbonyl (C=O) groups excluding carboxylic acids is 3. The summed E-state index contributed by atoms with van der Waals surface area (Å²) in [5.74, 6) is 1.14. The molecular weight excluding hydrogens is 443 g/mol. The third-order valence-electron chi connectivity index (χ3n) is 4.13. The van der Waals surface area contributed by atoms with Gasteiger partial charge in [0, 0.05) is 0 Å². The average Bonchev–Trinajstić information content (AvgIpc) is 2.71. The topological polar surface area (TPSA) is 114 Å². The Morgan fingerprint density at radius 2 is 1.83 bits per heavy atom. The number of nitrogens with one attached hydrogen (secondary N) is 2. The molecule has 9 heteroatoms. The van der Waals surface area contributed by atoms with Gasteiger partial charge in [0.1, 0.15) is 0 Å². The molecule has 1 rings (SSSR count). The number of phenols is 1. The molecule has 0 fully saturated rings. The van der Waals surface area contributed by atoms with Gasteiger partial charge in [0.2, 0.25) is 0 Å². The number of aromatic hydroxyl groups is 1. The minimum absolute atomic E-state index is 0.105. The van der Waals surface area contributed by atoms with Crippen molar-refractivity contribution in [3.05, 3.63) is 29.8 Å². The van der Waals surface area contributed by atoms with E-state index in [9.17, 15) is 19.5 Å². The molecule has 2 atom stereocenters. The van der Waals surface area contributed by atoms with Crippen LogP contribution in [-0.2, 0) is 25.5 Å². The molecule has 0 spiro atoms. The molecule has 1 aromatic rings. The summed E-state index contributed by atoms with van der Waals surface area (Å²) in [4.78, 5) is 36.9. The summed E-state index contributed by atoms with van der Waals surface area (Å²) in [7, 11) is 1.27. The second-order valence-corrected chi connectivity index (χ2v) is 8.49. The van der Waals surface area contributed by atoms with Crippen LogP contribution in [0.3, 0.4) is 0 Å². The van der Waals surface area contributed by atoms with Gasteiger partial charge in [-0.25, -0.2) is 0 Å². The van der Waals surface area contributed by atoms with Crippen LogP contribution in [0.5, 0.6) is 5.75 Å². The molecule has 0 aliphatic heterocycles. The summed E-state index contributed by atoms with van der Waals surface area (Å²) in [6, 6.07) is 4.63. The fourth-order valence-corrected chi connectivity index (χ4v) is 3.46. The van der Waals surface area contributed by atoms with E-state index < -0.39 is 30.1 Å². The zero-order valence-corrected chi connectivity index (χ0v) is 18.8. The number of rotatable bonds is 12. The van der Waals surface area contributed by atoms with Gasteiger partial charge >= 0.3 is 171 Å². The zero-order valence-electron chi connectivity index (χ0n) is 17.1. The van der Waals surface area contributed by atoms with E-state index in [4.69, 9.17) is 9.47 Å². The monoisotopic (exact) mass is 474 g/mol. The predicted octanol–water partition coefficient (Wildman–Crippen LogP) is 2.05. The molecule has 0 aromatic heterocycles. The standard InChI is InChI=1S/C20H30N2O6Se/c1-4-5-11-28-20(26)22-17(13-14-6-8-15(23)9-7-14)18(24)21-16(10-12-29-3)19(25)27-2/h6-9,16-17,23H,4-5,10-13H2,1-3H3,(H,21,24)(H,22,26)/t16-,17-/m0/s1. The van der Waals surface area contributed by atoms with Crippen LogP contribution in [0.15, 0.2) is 24.3 Å². The van der Waals surface area contributed by atoms with Crippen LogP contribution in [-0.4, -0.2) is 63.8 Å². The summed E-state index contributed by atoms with van der Waals surface area (Å²) in [5.41, 5.74) is 0.739. The first-order valence-electron chi connectivity index (χ1n) is 9.49. The molecular formula is C20H30N2O6Se. The van der Waals surface area contributed by atoms with Crippen molar-refractivity contribution in [1.29, 1.82) is 0 Å². The number of alkyl carbamates (subject to hydrolysis) is 1. The van der Waals surface area contributed by atoms with Gasteiger partial charge in [0.05, 0.1) is 0 Å². The predicted molar refractivity (Wildman–Crippen MR) is 110 cm³/mol. The molecule has 2 amide bonds. The molecule has 0 heterocycles. The van der Waals surface area contributed by atoms with Gasteiger partial charge in [-0.05, 0) is 0 Å². The first-order valence-corrected chi connectivity index (χ1v) is 12.4. The molecule has 8 nitrogen and oxygen atoms in total. The van der Waals surface area contributed by atoms with E-state index in [1.54, 1.807) is 12.1 Å². The summed E-state index contributed by atoms with van der Waals surface area (Å²) < 4.78 is 9.88. The molecule has 0 unspecified atom stereocenters. The second kappa shape index (κ2) is 13.8. The van der Waals surface area contributed by atoms with Crippen LogP contribution in [0.4, 0.5) is 4.79 Å². The van der Waals surface area contributed by atoms with E-state index >= 15 is 0 Å². The number of phenolic OH excluding ortho intramolecular Hbond substituents is 1. The molecule has 1 aromatic carbocycles. The van der Waals surface area contributed by atoms with Gasteiger partial charge in [0.25, 0.3) is 0 Å². The van der Waals surface area contributed by atoms with Gasteiger partial charge in [-0.3, -0.25) is 0 Å². The van der Waals surface area contributed by atoms with E-state index in [1.807, 2.05) is 12.7 Å². The van der Waals surface area contributed by atoms with Gasteiger partial charge in [-0.15, -0.1) is 0 Å². The minimum atomic E-state index is -0.937. The Balaban J connectivity index is 2.88. The first kappa shape index (κ1) is 24.8. The van der Waals surface area contributed by atoms with E-state index in [1.165, 1.54) is 19.2 Å². The number of carbonyl (C=O) groups is 3. The first-order chi connectivity index (χ1) is 13.9. The average molecular weight is 473 g/mol. The van der Waals surface area contributed by atoms with E-state index in [0.29, 0.717) is 21.4 Å². The normalized spacial score (nSPS) is 12.5. The van der Waals surface area contributed by atoms with Crippen molar-refractivity contribution < 1.29 is 29.0 Å². The quantitative estimate of drug-likeness (QED) is 0.243. The molecule has 0 saturated carbocycles. The van der Waals surface area contributed by atoms with Crippen LogP contribution in [0.25, 0.3) is 0 Å². The molecule has 0 radical (unpaired) electrons. The number of ether oxygens (including phenoxy) is 2. The molecule has 0 saturated heterocycles. The Morgan fingerprint density at radius 3 is 2.41 bits per heavy atom. The Bertz CT molecular complexity index is 653. The molecule has 0 aliphatic carbocycles. The number of esters is 1. The van der Waals surface area contributed by atoms with Crippen LogP contribution < -0.4 is 10.6 Å². The van der Waals surface area contributed by atoms with Crippen molar-refractivity contribution in [1.82, 2.24) is 10.6 Å². The number of benzene rings is 1. The molecule has 3 N–H and O–H groups in total. The third kappa shape index (κ3) is 9.67. The Kier molecular flexibility index (Phi) is 11.8. The fraction of sp³-hybridized carbons (Fsp3) is 0.550. The van der Waals surface area contributed by atoms with Crippen molar-refractivity contribution >= 4 is 32.9 Å². The van der Waals surface area contributed by atoms with E-state index in [-0.39, 0.29) is 18.8 Å². The SMILES string of the molecule is CCCCOC(=O)N[C@@H](Cc1ccc(O)cc1)C(=O)N[C@@H](CC[Se]C)C(=O)OC. The van der Waals surface area contributed by atoms with Crippen LogP contribution in [0.2, 0.25) is 11.1 Å². The van der Waals surface area contributed by atoms with Crippen LogP contribution >= 0.6 is 0 Å². The van der Waals surface area contributed by atoms with E-state index in [0.717, 1.165) is 23.7 Å². The van der Waals surface area contributed by atoms with Crippen molar-refractivity contribution in [2.75, 3.05) is 13.7 Å². The van der Waals surface area contributed by atoms with Crippen LogP contribution in [0.1, 0.15) is 31.7 Å². The maximum absolute atomic E-state index is 12.8. The molecule has 0 aliphatic rings. The van der Waals surface area contributed by atoms with Crippen molar-refractivity contribution in [3.63, 3.8) is 0 Å². The summed E-state index contributed by atoms with van der Waals surface area (Å²) in [6.07, 6.45) is 1.57. The van der Waals surface area contributed by atoms with Gasteiger partial charge in [0.15, 0.2) is 0 Å². The number of methoxy groups -OCH3 is 1. The number of hydrogen-bond donors (Lipinski definition) is 3. The third-order valence-corrected chi connectivity index (χ3v) is 5.48. The zero-order chi connectivity index (χ0) is 21.6. The molecule has 162 valence electrons. The molecule has 0 bridgehead atoms. The van der Waals surface area contributed by atoms with Crippen LogP contribution in [0, 0.1) is 0 Å². The van der Waals surface area contributed by atoms with Gasteiger partial charge < -0.3 is 0 Å². The Hall–Kier alpha value is -2.25. The van der Waals surface area contributed by atoms with Gasteiger partial charge in [-0.1, -0.05) is 6.92 Å². The van der Waals surface area contributed by atoms with Crippen molar-refractivity contribution in [2.24, 2.45) is 0 Å². The van der Waals surface area contributed by atoms with Gasteiger partial charge in [-0.2, -0.15) is 0 Å². The Labute approximate surface area is 177 Å². The Morgan fingerprint density at radius 1 is 1.14 bits per heavy atom. The van der Waals surface area contributed by atoms with Crippen molar-refractivity contribution in [3.8, 4) is 5.75 Å². The summed E-state index contributed by atoms with van der Waals surface area (Å²) >= 11 is 0.351. The number of hydrogen-bond acceptors (Lipinski definition) is 6. The fourth-order valence-electron chi connectivity index (χ4n) is 2.47. The number of amides is 2. The van der Waals surface area contributed by atoms with E-state index in [2.05, 4.69) is 10.6 Å². The molecule has 29 heavy (non-hydrogen) atoms. The number of unbranched alkanes of at least 4 members (excludes halogenated alkanes) is 1. The summed E-state index contributed by atoms with van der Waals surface area (Å²) in [5, 5.41) is 15.5. The maximum atomic E-state index is 12.8. The van der Waals surface area contributed by atoms with Crippen molar-refractivity contribution in [2.45, 2.75) is 55.8 Å². The summed E-state index contributed by atoms with van der Waals surface area (Å²) in [6.45, 7) is 2.24. The second-order valence-electron chi connectivity index (χ2n) is 6.42.